The number of rotatable bonds is 3. The highest BCUT2D eigenvalue weighted by molar-refractivity contribution is 7.92. The van der Waals surface area contributed by atoms with Crippen molar-refractivity contribution in [1.82, 2.24) is 9.37 Å². The summed E-state index contributed by atoms with van der Waals surface area (Å²) in [4.78, 5) is 20.2. The number of hydrogen-bond acceptors (Lipinski definition) is 4. The molecule has 0 radical (unpaired) electrons. The molecule has 0 aliphatic heterocycles. The zero-order valence-corrected chi connectivity index (χ0v) is 7.24. The van der Waals surface area contributed by atoms with Gasteiger partial charge in [0.2, 0.25) is 0 Å². The molecule has 7 nitrogen and oxygen atoms in total. The molecule has 0 saturated carbocycles. The fraction of sp³-hybridized carbons (Fsp3) is 0.500. The maximum absolute atomic E-state index is 10.1. The van der Waals surface area contributed by atoms with Crippen LogP contribution in [-0.4, -0.2) is 45.9 Å². The molecule has 70 valence electrons. The van der Waals surface area contributed by atoms with E-state index >= 15 is 0 Å². The second-order valence-corrected chi connectivity index (χ2v) is 2.56. The van der Waals surface area contributed by atoms with Crippen LogP contribution in [0.3, 0.4) is 0 Å². The normalized spacial score (nSPS) is 9.17. The van der Waals surface area contributed by atoms with Crippen molar-refractivity contribution >= 4 is 24.4 Å². The van der Waals surface area contributed by atoms with Crippen LogP contribution in [-0.2, 0) is 4.28 Å². The summed E-state index contributed by atoms with van der Waals surface area (Å²) in [7, 11) is 2.37. The van der Waals surface area contributed by atoms with Crippen molar-refractivity contribution in [3.05, 3.63) is 0 Å². The third-order valence-electron chi connectivity index (χ3n) is 0.796. The van der Waals surface area contributed by atoms with Crippen LogP contribution in [0, 0.1) is 0 Å². The lowest BCUT2D eigenvalue weighted by molar-refractivity contribution is 0.00283. The quantitative estimate of drug-likeness (QED) is 0.392. The molecule has 2 N–H and O–H groups in total. The van der Waals surface area contributed by atoms with Gasteiger partial charge in [-0.2, -0.15) is 9.35 Å². The topological polar surface area (TPSA) is 90.3 Å². The molecule has 0 aromatic rings. The number of hydrogen-bond donors (Lipinski definition) is 2. The summed E-state index contributed by atoms with van der Waals surface area (Å²) < 4.78 is 5.14. The summed E-state index contributed by atoms with van der Waals surface area (Å²) in [5.41, 5.74) is 0. The number of carbonyl (C=O) groups is 2. The fourth-order valence-electron chi connectivity index (χ4n) is 0.164. The first-order valence-corrected chi connectivity index (χ1v) is 3.43. The molecule has 0 atom stereocenters. The van der Waals surface area contributed by atoms with Crippen molar-refractivity contribution in [1.29, 1.82) is 0 Å². The Labute approximate surface area is 72.8 Å². The van der Waals surface area contributed by atoms with E-state index in [1.807, 2.05) is 0 Å². The van der Waals surface area contributed by atoms with Gasteiger partial charge < -0.3 is 10.2 Å². The summed E-state index contributed by atoms with van der Waals surface area (Å²) in [5.74, 6) is 0. The molecule has 0 aromatic heterocycles. The van der Waals surface area contributed by atoms with Crippen LogP contribution in [0.4, 0.5) is 9.59 Å². The zero-order valence-electron chi connectivity index (χ0n) is 6.42. The number of amides is 2. The van der Waals surface area contributed by atoms with Gasteiger partial charge in [0.05, 0.1) is 0 Å². The highest BCUT2D eigenvalue weighted by atomic mass is 32.2. The molecule has 0 unspecified atom stereocenters. The molecule has 0 saturated heterocycles. The Kier molecular flexibility index (Phi) is 4.22. The molecule has 0 rings (SSSR count). The van der Waals surface area contributed by atoms with Crippen LogP contribution in [0.5, 0.6) is 0 Å². The van der Waals surface area contributed by atoms with E-state index in [0.29, 0.717) is 17.3 Å². The average Bonchev–Trinajstić information content (AvgIpc) is 1.98. The second kappa shape index (κ2) is 4.67. The molecule has 8 heteroatoms. The van der Waals surface area contributed by atoms with Gasteiger partial charge in [0.15, 0.2) is 0 Å². The molecule has 0 aliphatic carbocycles. The third-order valence-corrected chi connectivity index (χ3v) is 1.47. The molecule has 0 spiro atoms. The molecular weight excluding hydrogens is 188 g/mol. The summed E-state index contributed by atoms with van der Waals surface area (Å²) in [6.45, 7) is 0. The lowest BCUT2D eigenvalue weighted by Crippen LogP contribution is -2.26. The fourth-order valence-corrected chi connectivity index (χ4v) is 0.491. The van der Waals surface area contributed by atoms with Crippen molar-refractivity contribution in [2.45, 2.75) is 0 Å². The van der Waals surface area contributed by atoms with Gasteiger partial charge >= 0.3 is 12.2 Å². The van der Waals surface area contributed by atoms with Gasteiger partial charge in [-0.05, 0) is 0 Å². The predicted molar refractivity (Wildman–Crippen MR) is 40.3 cm³/mol. The molecular formula is C4H8N2O5S. The molecule has 0 aliphatic rings. The van der Waals surface area contributed by atoms with Crippen LogP contribution >= 0.6 is 12.2 Å². The lowest BCUT2D eigenvalue weighted by Gasteiger charge is -2.14. The summed E-state index contributed by atoms with van der Waals surface area (Å²) in [5, 5.41) is 17.0. The van der Waals surface area contributed by atoms with Crippen molar-refractivity contribution in [3.63, 3.8) is 0 Å². The van der Waals surface area contributed by atoms with E-state index in [-0.39, 0.29) is 0 Å². The first kappa shape index (κ1) is 10.8. The molecule has 0 heterocycles. The average molecular weight is 196 g/mol. The van der Waals surface area contributed by atoms with Crippen molar-refractivity contribution < 1.29 is 24.1 Å². The van der Waals surface area contributed by atoms with Crippen molar-refractivity contribution in [2.75, 3.05) is 14.1 Å². The predicted octanol–water partition coefficient (Wildman–Crippen LogP) is 0.701. The standard InChI is InChI=1S/C4H8N2O5S/c1-5(3(7)8)11-12-6(2)4(9)10/h1-2H3,(H,7,8)(H,9,10). The van der Waals surface area contributed by atoms with Crippen LogP contribution in [0.1, 0.15) is 0 Å². The molecule has 0 fully saturated rings. The Balaban J connectivity index is 3.68. The summed E-state index contributed by atoms with van der Waals surface area (Å²) in [6.07, 6.45) is -2.53. The highest BCUT2D eigenvalue weighted by Gasteiger charge is 2.11. The maximum atomic E-state index is 10.1. The maximum Gasteiger partial charge on any atom is 0.432 e. The van der Waals surface area contributed by atoms with Crippen LogP contribution < -0.4 is 0 Å². The molecule has 2 amide bonds. The molecule has 0 aromatic carbocycles. The van der Waals surface area contributed by atoms with Crippen LogP contribution in [0.15, 0.2) is 0 Å². The number of carboxylic acid groups (broad SMARTS) is 2. The van der Waals surface area contributed by atoms with E-state index in [0.717, 1.165) is 11.4 Å². The molecule has 0 bridgehead atoms. The monoisotopic (exact) mass is 196 g/mol. The van der Waals surface area contributed by atoms with Gasteiger partial charge in [-0.1, -0.05) is 0 Å². The van der Waals surface area contributed by atoms with Gasteiger partial charge in [-0.25, -0.2) is 13.9 Å². The van der Waals surface area contributed by atoms with E-state index in [1.54, 1.807) is 0 Å². The Bertz CT molecular complexity index is 166. The minimum Gasteiger partial charge on any atom is -0.464 e. The lowest BCUT2D eigenvalue weighted by atomic mass is 11.1. The molecule has 12 heavy (non-hydrogen) atoms. The zero-order chi connectivity index (χ0) is 9.72. The Morgan fingerprint density at radius 2 is 1.75 bits per heavy atom. The summed E-state index contributed by atoms with van der Waals surface area (Å²) in [6, 6.07) is 0. The van der Waals surface area contributed by atoms with Crippen LogP contribution in [0.25, 0.3) is 0 Å². The minimum atomic E-state index is -1.30. The van der Waals surface area contributed by atoms with Gasteiger partial charge in [-0.3, -0.25) is 0 Å². The van der Waals surface area contributed by atoms with E-state index in [9.17, 15) is 9.59 Å². The van der Waals surface area contributed by atoms with Gasteiger partial charge in [0, 0.05) is 14.1 Å². The third kappa shape index (κ3) is 3.88. The van der Waals surface area contributed by atoms with Crippen molar-refractivity contribution in [3.8, 4) is 0 Å². The van der Waals surface area contributed by atoms with Gasteiger partial charge in [0.1, 0.15) is 12.2 Å². The van der Waals surface area contributed by atoms with E-state index < -0.39 is 12.2 Å². The minimum absolute atomic E-state index is 0.400. The van der Waals surface area contributed by atoms with Crippen LogP contribution in [0.2, 0.25) is 0 Å². The van der Waals surface area contributed by atoms with E-state index in [1.165, 1.54) is 7.05 Å². The summed E-state index contributed by atoms with van der Waals surface area (Å²) >= 11 is 0.400. The SMILES string of the molecule is CN(OSN(C)C(=O)O)C(=O)O. The first-order valence-electron chi connectivity index (χ1n) is 2.73. The first-order chi connectivity index (χ1) is 5.45. The smallest absolute Gasteiger partial charge is 0.432 e. The largest absolute Gasteiger partial charge is 0.464 e. The van der Waals surface area contributed by atoms with E-state index in [4.69, 9.17) is 10.2 Å². The second-order valence-electron chi connectivity index (χ2n) is 1.71. The van der Waals surface area contributed by atoms with Gasteiger partial charge in [-0.15, -0.1) is 0 Å². The Morgan fingerprint density at radius 3 is 2.08 bits per heavy atom. The Morgan fingerprint density at radius 1 is 1.25 bits per heavy atom. The Hall–Kier alpha value is -1.15. The van der Waals surface area contributed by atoms with Crippen molar-refractivity contribution in [2.24, 2.45) is 0 Å². The van der Waals surface area contributed by atoms with Gasteiger partial charge in [0.25, 0.3) is 0 Å². The number of nitrogens with zero attached hydrogens (tertiary/aromatic N) is 2. The number of hydroxylamine groups is 2. The van der Waals surface area contributed by atoms with E-state index in [2.05, 4.69) is 4.28 Å². The highest BCUT2D eigenvalue weighted by Crippen LogP contribution is 2.09.